The first kappa shape index (κ1) is 19.9. The van der Waals surface area contributed by atoms with Crippen LogP contribution in [0.15, 0.2) is 36.9 Å². The Morgan fingerprint density at radius 2 is 1.81 bits per heavy atom. The highest BCUT2D eigenvalue weighted by Crippen LogP contribution is 1.87. The Morgan fingerprint density at radius 3 is 1.81 bits per heavy atom. The van der Waals surface area contributed by atoms with Crippen LogP contribution in [-0.2, 0) is 14.3 Å². The van der Waals surface area contributed by atoms with Gasteiger partial charge in [0, 0.05) is 5.57 Å². The van der Waals surface area contributed by atoms with Gasteiger partial charge in [-0.3, -0.25) is 4.79 Å². The van der Waals surface area contributed by atoms with E-state index in [0.717, 1.165) is 0 Å². The second-order valence-corrected chi connectivity index (χ2v) is 2.62. The molecule has 1 N–H and O–H groups in total. The summed E-state index contributed by atoms with van der Waals surface area (Å²) in [6, 6.07) is 0. The normalized spacial score (nSPS) is 6.94. The van der Waals surface area contributed by atoms with E-state index in [1.807, 2.05) is 0 Å². The molecule has 0 saturated heterocycles. The number of aliphatic carboxylic acids is 1. The molecule has 0 aromatic rings. The van der Waals surface area contributed by atoms with Gasteiger partial charge in [0.1, 0.15) is 0 Å². The van der Waals surface area contributed by atoms with E-state index >= 15 is 0 Å². The first-order valence-electron chi connectivity index (χ1n) is 4.14. The maximum atomic E-state index is 10.2. The summed E-state index contributed by atoms with van der Waals surface area (Å²) in [5, 5.41) is 7.84. The van der Waals surface area contributed by atoms with E-state index in [1.165, 1.54) is 18.7 Å². The highest BCUT2D eigenvalue weighted by Gasteiger charge is 1.95. The molecule has 5 heteroatoms. The summed E-state index contributed by atoms with van der Waals surface area (Å²) >= 11 is 4.76. The molecule has 0 heterocycles. The van der Waals surface area contributed by atoms with Gasteiger partial charge in [0.2, 0.25) is 0 Å². The summed E-state index contributed by atoms with van der Waals surface area (Å²) in [5.41, 5.74) is 1.66. The number of methoxy groups -OCH3 is 1. The number of carboxylic acids is 1. The SMILES string of the molecule is C=C(C)C(=O)OC.C=CCC(=O)O.C=CCl. The molecule has 0 radical (unpaired) electrons. The van der Waals surface area contributed by atoms with Crippen molar-refractivity contribution >= 4 is 23.5 Å². The molecule has 0 spiro atoms. The zero-order valence-electron chi connectivity index (χ0n) is 9.53. The first-order chi connectivity index (χ1) is 7.37. The van der Waals surface area contributed by atoms with Crippen molar-refractivity contribution < 1.29 is 19.4 Å². The minimum Gasteiger partial charge on any atom is -0.481 e. The van der Waals surface area contributed by atoms with E-state index in [1.54, 1.807) is 6.92 Å². The molecule has 0 aliphatic heterocycles. The van der Waals surface area contributed by atoms with Crippen molar-refractivity contribution in [3.8, 4) is 0 Å². The van der Waals surface area contributed by atoms with Crippen LogP contribution < -0.4 is 0 Å². The number of ether oxygens (including phenoxy) is 1. The predicted molar refractivity (Wildman–Crippen MR) is 65.3 cm³/mol. The molecule has 0 bridgehead atoms. The topological polar surface area (TPSA) is 63.6 Å². The molecule has 0 unspecified atom stereocenters. The first-order valence-corrected chi connectivity index (χ1v) is 4.58. The number of rotatable bonds is 3. The third-order valence-corrected chi connectivity index (χ3v) is 0.853. The largest absolute Gasteiger partial charge is 0.481 e. The molecule has 0 aliphatic carbocycles. The van der Waals surface area contributed by atoms with E-state index in [9.17, 15) is 9.59 Å². The van der Waals surface area contributed by atoms with Gasteiger partial charge in [0.15, 0.2) is 0 Å². The number of carbonyl (C=O) groups is 2. The van der Waals surface area contributed by atoms with Gasteiger partial charge in [-0.2, -0.15) is 0 Å². The van der Waals surface area contributed by atoms with Crippen LogP contribution in [0.3, 0.4) is 0 Å². The Hall–Kier alpha value is -1.55. The highest BCUT2D eigenvalue weighted by molar-refractivity contribution is 6.25. The molecular weight excluding hydrogens is 232 g/mol. The molecule has 0 aromatic heterocycles. The van der Waals surface area contributed by atoms with Crippen molar-refractivity contribution in [2.45, 2.75) is 13.3 Å². The van der Waals surface area contributed by atoms with Crippen LogP contribution in [0.2, 0.25) is 0 Å². The Balaban J connectivity index is -0.000000172. The Labute approximate surface area is 101 Å². The number of carboxylic acid groups (broad SMARTS) is 1. The van der Waals surface area contributed by atoms with Crippen LogP contribution in [0.5, 0.6) is 0 Å². The molecule has 0 rings (SSSR count). The number of esters is 1. The third kappa shape index (κ3) is 29.4. The van der Waals surface area contributed by atoms with Gasteiger partial charge < -0.3 is 9.84 Å². The van der Waals surface area contributed by atoms with Crippen molar-refractivity contribution in [2.24, 2.45) is 0 Å². The lowest BCUT2D eigenvalue weighted by molar-refractivity contribution is -0.136. The average Bonchev–Trinajstić information content (AvgIpc) is 2.18. The number of hydrogen-bond acceptors (Lipinski definition) is 3. The van der Waals surface area contributed by atoms with Crippen LogP contribution in [0.25, 0.3) is 0 Å². The summed E-state index contributed by atoms with van der Waals surface area (Å²) < 4.78 is 4.27. The highest BCUT2D eigenvalue weighted by atomic mass is 35.5. The fourth-order valence-corrected chi connectivity index (χ4v) is 0.298. The zero-order valence-corrected chi connectivity index (χ0v) is 10.3. The maximum absolute atomic E-state index is 10.2. The summed E-state index contributed by atoms with van der Waals surface area (Å²) in [7, 11) is 1.33. The molecule has 0 saturated carbocycles. The lowest BCUT2D eigenvalue weighted by Crippen LogP contribution is -1.98. The molecule has 92 valence electrons. The molecule has 0 fully saturated rings. The smallest absolute Gasteiger partial charge is 0.332 e. The summed E-state index contributed by atoms with van der Waals surface area (Å²) in [5.74, 6) is -1.18. The number of carbonyl (C=O) groups excluding carboxylic acids is 1. The van der Waals surface area contributed by atoms with Crippen LogP contribution in [0.4, 0.5) is 0 Å². The monoisotopic (exact) mass is 248 g/mol. The molecule has 0 atom stereocenters. The fraction of sp³-hybridized carbons (Fsp3) is 0.273. The predicted octanol–water partition coefficient (Wildman–Crippen LogP) is 2.75. The van der Waals surface area contributed by atoms with Crippen molar-refractivity contribution in [3.05, 3.63) is 36.9 Å². The Bertz CT molecular complexity index is 246. The van der Waals surface area contributed by atoms with E-state index in [4.69, 9.17) is 16.7 Å². The van der Waals surface area contributed by atoms with Crippen molar-refractivity contribution in [1.29, 1.82) is 0 Å². The van der Waals surface area contributed by atoms with Crippen LogP contribution in [0, 0.1) is 0 Å². The van der Waals surface area contributed by atoms with Crippen LogP contribution in [0.1, 0.15) is 13.3 Å². The van der Waals surface area contributed by atoms with Gasteiger partial charge in [-0.15, -0.1) is 6.58 Å². The lowest BCUT2D eigenvalue weighted by Gasteiger charge is -1.91. The fourth-order valence-electron chi connectivity index (χ4n) is 0.298. The van der Waals surface area contributed by atoms with Gasteiger partial charge in [0.25, 0.3) is 0 Å². The summed E-state index contributed by atoms with van der Waals surface area (Å²) in [6.07, 6.45) is 1.41. The van der Waals surface area contributed by atoms with Crippen molar-refractivity contribution in [1.82, 2.24) is 0 Å². The van der Waals surface area contributed by atoms with E-state index in [2.05, 4.69) is 24.5 Å². The second kappa shape index (κ2) is 15.9. The Morgan fingerprint density at radius 1 is 1.44 bits per heavy atom. The quantitative estimate of drug-likeness (QED) is 0.474. The Kier molecular flexibility index (Phi) is 19.8. The minimum atomic E-state index is -0.829. The van der Waals surface area contributed by atoms with Gasteiger partial charge >= 0.3 is 11.9 Å². The lowest BCUT2D eigenvalue weighted by atomic mass is 10.4. The van der Waals surface area contributed by atoms with Crippen LogP contribution in [-0.4, -0.2) is 24.2 Å². The summed E-state index contributed by atoms with van der Waals surface area (Å²) in [6.45, 7) is 11.3. The van der Waals surface area contributed by atoms with E-state index in [0.29, 0.717) is 5.57 Å². The zero-order chi connectivity index (χ0) is 13.6. The van der Waals surface area contributed by atoms with Crippen molar-refractivity contribution in [2.75, 3.05) is 7.11 Å². The van der Waals surface area contributed by atoms with Gasteiger partial charge in [0.05, 0.1) is 13.5 Å². The van der Waals surface area contributed by atoms with E-state index in [-0.39, 0.29) is 12.4 Å². The third-order valence-electron chi connectivity index (χ3n) is 0.853. The van der Waals surface area contributed by atoms with Gasteiger partial charge in [-0.05, 0) is 12.5 Å². The molecular formula is C11H17ClO4. The number of hydrogen-bond donors (Lipinski definition) is 1. The van der Waals surface area contributed by atoms with E-state index < -0.39 is 5.97 Å². The molecule has 4 nitrogen and oxygen atoms in total. The second-order valence-electron chi connectivity index (χ2n) is 2.31. The molecule has 0 aromatic carbocycles. The standard InChI is InChI=1S/C5H8O2.C4H6O2.C2H3Cl/c1-4(2)5(6)7-3;1-2-3-4(5)6;1-2-3/h1H2,2-3H3;2H,1,3H2,(H,5,6);2H,1H2. The molecule has 0 amide bonds. The molecule has 16 heavy (non-hydrogen) atoms. The van der Waals surface area contributed by atoms with Gasteiger partial charge in [-0.25, -0.2) is 4.79 Å². The minimum absolute atomic E-state index is 0.0556. The van der Waals surface area contributed by atoms with Gasteiger partial charge in [-0.1, -0.05) is 30.8 Å². The maximum Gasteiger partial charge on any atom is 0.332 e. The van der Waals surface area contributed by atoms with Crippen LogP contribution >= 0.6 is 11.6 Å². The number of halogens is 1. The average molecular weight is 249 g/mol. The molecule has 0 aliphatic rings. The van der Waals surface area contributed by atoms with Crippen molar-refractivity contribution in [3.63, 3.8) is 0 Å². The summed E-state index contributed by atoms with van der Waals surface area (Å²) in [4.78, 5) is 19.7.